The van der Waals surface area contributed by atoms with Gasteiger partial charge in [0.05, 0.1) is 12.0 Å². The third kappa shape index (κ3) is 5.94. The van der Waals surface area contributed by atoms with Crippen molar-refractivity contribution in [3.05, 3.63) is 58.5 Å². The molecule has 2 fully saturated rings. The van der Waals surface area contributed by atoms with Crippen LogP contribution in [0.5, 0.6) is 11.5 Å². The minimum atomic E-state index is -1.08. The van der Waals surface area contributed by atoms with E-state index >= 15 is 0 Å². The molecular formula is C30H35N5O6S. The minimum Gasteiger partial charge on any atom is -0.467 e. The minimum absolute atomic E-state index is 0.00314. The molecular weight excluding hydrogens is 558 g/mol. The Balaban J connectivity index is 1.32. The molecule has 3 aromatic rings. The van der Waals surface area contributed by atoms with E-state index in [-0.39, 0.29) is 47.6 Å². The maximum atomic E-state index is 14.3. The molecule has 1 atom stereocenters. The Morgan fingerprint density at radius 3 is 2.43 bits per heavy atom. The number of furan rings is 1. The van der Waals surface area contributed by atoms with E-state index in [0.29, 0.717) is 17.3 Å². The second-order valence-electron chi connectivity index (χ2n) is 11.1. The first-order valence-electron chi connectivity index (χ1n) is 14.6. The molecule has 0 radical (unpaired) electrons. The molecule has 4 N–H and O–H groups in total. The molecule has 2 aliphatic carbocycles. The fourth-order valence-electron chi connectivity index (χ4n) is 5.98. The van der Waals surface area contributed by atoms with Crippen LogP contribution < -0.4 is 25.8 Å². The number of nitrogens with zero attached hydrogens (tertiary/aromatic N) is 2. The van der Waals surface area contributed by atoms with Crippen molar-refractivity contribution in [3.63, 3.8) is 0 Å². The SMILES string of the molecule is Nc1c(C(=O)NC2CCCCC2)nsc1C(=O)N(Cc1ccc2c(c1)OCO2)[C@H](C(=O)NC1CCCC1)c1ccco1. The second kappa shape index (κ2) is 12.4. The average Bonchev–Trinajstić information content (AvgIpc) is 3.81. The van der Waals surface area contributed by atoms with E-state index < -0.39 is 17.9 Å². The van der Waals surface area contributed by atoms with Gasteiger partial charge in [-0.3, -0.25) is 14.4 Å². The molecule has 1 aliphatic heterocycles. The van der Waals surface area contributed by atoms with Gasteiger partial charge >= 0.3 is 0 Å². The predicted octanol–water partition coefficient (Wildman–Crippen LogP) is 4.55. The summed E-state index contributed by atoms with van der Waals surface area (Å²) in [5.41, 5.74) is 7.17. The summed E-state index contributed by atoms with van der Waals surface area (Å²) in [5.74, 6) is 0.227. The topological polar surface area (TPSA) is 149 Å². The number of nitrogens with one attached hydrogen (secondary N) is 2. The van der Waals surface area contributed by atoms with Crippen molar-refractivity contribution in [2.24, 2.45) is 0 Å². The van der Waals surface area contributed by atoms with Gasteiger partial charge in [-0.1, -0.05) is 38.2 Å². The fourth-order valence-corrected chi connectivity index (χ4v) is 6.74. The third-order valence-electron chi connectivity index (χ3n) is 8.20. The standard InChI is InChI=1S/C30H35N5O6S/c31-24-25(28(36)32-19-7-2-1-3-8-19)34-42-27(24)30(38)35(16-18-12-13-21-23(15-18)41-17-40-21)26(22-11-6-14-39-22)29(37)33-20-9-4-5-10-20/h6,11-15,19-20,26H,1-5,7-10,16-17,31H2,(H,32,36)(H,33,37)/t26-/m0/s1. The van der Waals surface area contributed by atoms with Gasteiger partial charge in [-0.05, 0) is 67.0 Å². The maximum Gasteiger partial charge on any atom is 0.273 e. The van der Waals surface area contributed by atoms with Crippen LogP contribution in [0.1, 0.15) is 95.3 Å². The highest BCUT2D eigenvalue weighted by molar-refractivity contribution is 7.09. The zero-order valence-corrected chi connectivity index (χ0v) is 24.1. The lowest BCUT2D eigenvalue weighted by molar-refractivity contribution is -0.127. The number of hydrogen-bond donors (Lipinski definition) is 3. The van der Waals surface area contributed by atoms with Gasteiger partial charge in [-0.15, -0.1) is 0 Å². The molecule has 0 saturated heterocycles. The molecule has 3 aliphatic rings. The van der Waals surface area contributed by atoms with Crippen molar-refractivity contribution >= 4 is 34.9 Å². The summed E-state index contributed by atoms with van der Waals surface area (Å²) in [6.45, 7) is 0.156. The largest absolute Gasteiger partial charge is 0.467 e. The lowest BCUT2D eigenvalue weighted by Gasteiger charge is -2.30. The van der Waals surface area contributed by atoms with E-state index in [1.807, 2.05) is 6.07 Å². The van der Waals surface area contributed by atoms with E-state index in [0.717, 1.165) is 74.9 Å². The lowest BCUT2D eigenvalue weighted by Crippen LogP contribution is -2.45. The monoisotopic (exact) mass is 593 g/mol. The highest BCUT2D eigenvalue weighted by atomic mass is 32.1. The van der Waals surface area contributed by atoms with Gasteiger partial charge in [0.1, 0.15) is 10.6 Å². The quantitative estimate of drug-likeness (QED) is 0.327. The number of hydrogen-bond acceptors (Lipinski definition) is 9. The van der Waals surface area contributed by atoms with Crippen LogP contribution in [0.3, 0.4) is 0 Å². The lowest BCUT2D eigenvalue weighted by atomic mass is 9.95. The molecule has 12 heteroatoms. The summed E-state index contributed by atoms with van der Waals surface area (Å²) in [6.07, 6.45) is 10.4. The number of benzene rings is 1. The van der Waals surface area contributed by atoms with Gasteiger partial charge in [0.25, 0.3) is 17.7 Å². The molecule has 6 rings (SSSR count). The van der Waals surface area contributed by atoms with E-state index in [1.54, 1.807) is 24.3 Å². The molecule has 2 aromatic heterocycles. The summed E-state index contributed by atoms with van der Waals surface area (Å²) in [5, 5.41) is 6.14. The number of nitrogens with two attached hydrogens (primary N) is 1. The number of anilines is 1. The number of ether oxygens (including phenoxy) is 2. The Labute approximate surface area is 247 Å². The maximum absolute atomic E-state index is 14.3. The molecule has 1 aromatic carbocycles. The summed E-state index contributed by atoms with van der Waals surface area (Å²) in [6, 6.07) is 7.75. The first-order chi connectivity index (χ1) is 20.5. The Hall–Kier alpha value is -4.06. The number of carbonyl (C=O) groups excluding carboxylic acids is 3. The van der Waals surface area contributed by atoms with Gasteiger partial charge in [-0.25, -0.2) is 0 Å². The van der Waals surface area contributed by atoms with Gasteiger partial charge < -0.3 is 35.2 Å². The Morgan fingerprint density at radius 2 is 1.69 bits per heavy atom. The summed E-state index contributed by atoms with van der Waals surface area (Å²) in [7, 11) is 0. The van der Waals surface area contributed by atoms with Crippen LogP contribution in [0.15, 0.2) is 41.0 Å². The molecule has 42 heavy (non-hydrogen) atoms. The van der Waals surface area contributed by atoms with Crippen LogP contribution >= 0.6 is 11.5 Å². The predicted molar refractivity (Wildman–Crippen MR) is 155 cm³/mol. The molecule has 0 bridgehead atoms. The molecule has 0 unspecified atom stereocenters. The highest BCUT2D eigenvalue weighted by Crippen LogP contribution is 2.35. The zero-order valence-electron chi connectivity index (χ0n) is 23.3. The smallest absolute Gasteiger partial charge is 0.273 e. The Kier molecular flexibility index (Phi) is 8.31. The van der Waals surface area contributed by atoms with Crippen molar-refractivity contribution in [3.8, 4) is 11.5 Å². The summed E-state index contributed by atoms with van der Waals surface area (Å²) >= 11 is 0.859. The van der Waals surface area contributed by atoms with Gasteiger partial charge in [0, 0.05) is 18.6 Å². The van der Waals surface area contributed by atoms with Crippen LogP contribution in [0.2, 0.25) is 0 Å². The number of aromatic nitrogens is 1. The van der Waals surface area contributed by atoms with E-state index in [1.165, 1.54) is 11.2 Å². The average molecular weight is 594 g/mol. The number of amides is 3. The highest BCUT2D eigenvalue weighted by Gasteiger charge is 2.38. The molecule has 222 valence electrons. The molecule has 0 spiro atoms. The van der Waals surface area contributed by atoms with Crippen molar-refractivity contribution in [1.29, 1.82) is 0 Å². The molecule has 2 saturated carbocycles. The van der Waals surface area contributed by atoms with Gasteiger partial charge in [0.2, 0.25) is 6.79 Å². The Bertz CT molecular complexity index is 1430. The molecule has 3 heterocycles. The first-order valence-corrected chi connectivity index (χ1v) is 15.3. The second-order valence-corrected chi connectivity index (χ2v) is 11.9. The van der Waals surface area contributed by atoms with E-state index in [9.17, 15) is 14.4 Å². The number of nitrogen functional groups attached to an aromatic ring is 1. The normalized spacial score (nSPS) is 17.6. The van der Waals surface area contributed by atoms with Crippen LogP contribution in [0.25, 0.3) is 0 Å². The van der Waals surface area contributed by atoms with E-state index in [4.69, 9.17) is 19.6 Å². The van der Waals surface area contributed by atoms with Gasteiger partial charge in [0.15, 0.2) is 23.2 Å². The molecule has 3 amide bonds. The van der Waals surface area contributed by atoms with Crippen molar-refractivity contribution in [2.45, 2.75) is 82.5 Å². The summed E-state index contributed by atoms with van der Waals surface area (Å²) in [4.78, 5) is 42.8. The third-order valence-corrected chi connectivity index (χ3v) is 9.05. The van der Waals surface area contributed by atoms with Gasteiger partial charge in [-0.2, -0.15) is 4.37 Å². The summed E-state index contributed by atoms with van der Waals surface area (Å²) < 4.78 is 21.0. The zero-order chi connectivity index (χ0) is 29.1. The van der Waals surface area contributed by atoms with Crippen LogP contribution in [0, 0.1) is 0 Å². The molecule has 11 nitrogen and oxygen atoms in total. The van der Waals surface area contributed by atoms with Crippen molar-refractivity contribution in [2.75, 3.05) is 12.5 Å². The number of carbonyl (C=O) groups is 3. The van der Waals surface area contributed by atoms with Crippen molar-refractivity contribution < 1.29 is 28.3 Å². The van der Waals surface area contributed by atoms with E-state index in [2.05, 4.69) is 15.0 Å². The Morgan fingerprint density at radius 1 is 0.976 bits per heavy atom. The van der Waals surface area contributed by atoms with Crippen LogP contribution in [-0.2, 0) is 11.3 Å². The van der Waals surface area contributed by atoms with Crippen LogP contribution in [0.4, 0.5) is 5.69 Å². The van der Waals surface area contributed by atoms with Crippen LogP contribution in [-0.4, -0.2) is 45.9 Å². The number of rotatable bonds is 9. The number of fused-ring (bicyclic) bond motifs is 1. The fraction of sp³-hybridized carbons (Fsp3) is 0.467. The van der Waals surface area contributed by atoms with Crippen molar-refractivity contribution in [1.82, 2.24) is 19.9 Å². The first kappa shape index (κ1) is 28.1.